The van der Waals surface area contributed by atoms with Crippen LogP contribution < -0.4 is 4.72 Å². The maximum Gasteiger partial charge on any atom is 0.263 e. The Kier molecular flexibility index (Phi) is 4.93. The van der Waals surface area contributed by atoms with Gasteiger partial charge in [0.2, 0.25) is 0 Å². The molecule has 0 aliphatic heterocycles. The minimum atomic E-state index is -3.81. The van der Waals surface area contributed by atoms with Gasteiger partial charge in [-0.2, -0.15) is 0 Å². The van der Waals surface area contributed by atoms with Crippen molar-refractivity contribution in [1.29, 1.82) is 0 Å². The molecule has 0 bridgehead atoms. The summed E-state index contributed by atoms with van der Waals surface area (Å²) in [6.45, 7) is 5.39. The number of anilines is 1. The molecule has 0 saturated carbocycles. The second-order valence-electron chi connectivity index (χ2n) is 6.05. The third-order valence-electron chi connectivity index (χ3n) is 3.95. The van der Waals surface area contributed by atoms with Gasteiger partial charge in [-0.1, -0.05) is 29.8 Å². The number of thiazole rings is 1. The number of aromatic nitrogens is 1. The molecule has 1 N–H and O–H groups in total. The summed E-state index contributed by atoms with van der Waals surface area (Å²) < 4.78 is 27.7. The van der Waals surface area contributed by atoms with E-state index in [2.05, 4.69) is 9.71 Å². The first-order valence-corrected chi connectivity index (χ1v) is 10.3. The lowest BCUT2D eigenvalue weighted by molar-refractivity contribution is 0.101. The lowest BCUT2D eigenvalue weighted by Gasteiger charge is -2.06. The molecule has 0 atom stereocenters. The number of carbonyl (C=O) groups excluding carboxylic acids is 1. The van der Waals surface area contributed by atoms with Gasteiger partial charge in [0.25, 0.3) is 10.0 Å². The molecule has 0 spiro atoms. The molecule has 7 heteroatoms. The Morgan fingerprint density at radius 1 is 1.12 bits per heavy atom. The molecule has 3 aromatic rings. The molecule has 0 amide bonds. The Morgan fingerprint density at radius 3 is 2.62 bits per heavy atom. The van der Waals surface area contributed by atoms with Crippen LogP contribution in [0.3, 0.4) is 0 Å². The Labute approximate surface area is 156 Å². The first-order valence-electron chi connectivity index (χ1n) is 7.93. The number of rotatable bonds is 5. The molecule has 3 rings (SSSR count). The number of hydrogen-bond acceptors (Lipinski definition) is 5. The molecule has 134 valence electrons. The molecular formula is C19H18N2O3S2. The van der Waals surface area contributed by atoms with Crippen molar-refractivity contribution in [3.63, 3.8) is 0 Å². The molecule has 1 aromatic heterocycles. The molecule has 0 saturated heterocycles. The average Bonchev–Trinajstić information content (AvgIpc) is 3.04. The summed E-state index contributed by atoms with van der Waals surface area (Å²) >= 11 is 1.22. The smallest absolute Gasteiger partial charge is 0.263 e. The molecular weight excluding hydrogens is 368 g/mol. The number of sulfonamides is 1. The van der Waals surface area contributed by atoms with Crippen LogP contribution in [0.2, 0.25) is 0 Å². The summed E-state index contributed by atoms with van der Waals surface area (Å²) in [5.74, 6) is -0.187. The monoisotopic (exact) mass is 386 g/mol. The summed E-state index contributed by atoms with van der Waals surface area (Å²) in [6, 6.07) is 12.0. The van der Waals surface area contributed by atoms with E-state index in [1.54, 1.807) is 12.1 Å². The number of nitrogens with zero attached hydrogens (tertiary/aromatic N) is 1. The molecule has 0 aliphatic rings. The summed E-state index contributed by atoms with van der Waals surface area (Å²) in [6.07, 6.45) is 0. The number of nitrogens with one attached hydrogen (secondary N) is 1. The van der Waals surface area contributed by atoms with E-state index < -0.39 is 10.0 Å². The second-order valence-corrected chi connectivity index (χ2v) is 8.59. The van der Waals surface area contributed by atoms with Gasteiger partial charge in [-0.15, -0.1) is 11.3 Å². The highest BCUT2D eigenvalue weighted by Gasteiger charge is 2.18. The lowest BCUT2D eigenvalue weighted by atomic mass is 10.0. The van der Waals surface area contributed by atoms with Crippen molar-refractivity contribution in [3.05, 3.63) is 64.5 Å². The number of Topliss-reactive ketones (excluding diaryl/α,β-unsaturated/α-hetero) is 1. The summed E-state index contributed by atoms with van der Waals surface area (Å²) in [4.78, 5) is 15.9. The Bertz CT molecular complexity index is 1090. The van der Waals surface area contributed by atoms with Gasteiger partial charge in [-0.05, 0) is 44.5 Å². The predicted octanol–water partition coefficient (Wildman–Crippen LogP) is 4.43. The van der Waals surface area contributed by atoms with Gasteiger partial charge in [0.05, 0.1) is 10.6 Å². The van der Waals surface area contributed by atoms with Crippen LogP contribution in [0.4, 0.5) is 5.13 Å². The van der Waals surface area contributed by atoms with Crippen molar-refractivity contribution < 1.29 is 13.2 Å². The van der Waals surface area contributed by atoms with Gasteiger partial charge in [0.15, 0.2) is 10.9 Å². The zero-order chi connectivity index (χ0) is 18.9. The van der Waals surface area contributed by atoms with Gasteiger partial charge in [0, 0.05) is 16.5 Å². The van der Waals surface area contributed by atoms with Gasteiger partial charge in [0.1, 0.15) is 0 Å². The van der Waals surface area contributed by atoms with Crippen molar-refractivity contribution in [2.24, 2.45) is 0 Å². The fourth-order valence-corrected chi connectivity index (χ4v) is 4.52. The van der Waals surface area contributed by atoms with E-state index in [9.17, 15) is 13.2 Å². The van der Waals surface area contributed by atoms with Crippen LogP contribution in [0.15, 0.2) is 52.7 Å². The fourth-order valence-electron chi connectivity index (χ4n) is 2.51. The molecule has 0 radical (unpaired) electrons. The van der Waals surface area contributed by atoms with E-state index in [-0.39, 0.29) is 15.8 Å². The summed E-state index contributed by atoms with van der Waals surface area (Å²) in [5, 5.41) is 2.11. The predicted molar refractivity (Wildman–Crippen MR) is 104 cm³/mol. The van der Waals surface area contributed by atoms with Crippen molar-refractivity contribution in [2.75, 3.05) is 4.72 Å². The first kappa shape index (κ1) is 18.3. The van der Waals surface area contributed by atoms with Crippen molar-refractivity contribution >= 4 is 32.3 Å². The van der Waals surface area contributed by atoms with Crippen LogP contribution in [-0.2, 0) is 10.0 Å². The molecule has 5 nitrogen and oxygen atoms in total. The highest BCUT2D eigenvalue weighted by molar-refractivity contribution is 7.93. The molecule has 1 heterocycles. The second kappa shape index (κ2) is 7.01. The quantitative estimate of drug-likeness (QED) is 0.658. The summed E-state index contributed by atoms with van der Waals surface area (Å²) in [7, 11) is -3.81. The zero-order valence-corrected chi connectivity index (χ0v) is 16.2. The number of carbonyl (C=O) groups is 1. The van der Waals surface area contributed by atoms with Crippen LogP contribution in [0.5, 0.6) is 0 Å². The lowest BCUT2D eigenvalue weighted by Crippen LogP contribution is -2.13. The molecule has 2 aromatic carbocycles. The average molecular weight is 386 g/mol. The van der Waals surface area contributed by atoms with Crippen LogP contribution in [0, 0.1) is 13.8 Å². The Balaban J connectivity index is 1.90. The van der Waals surface area contributed by atoms with Gasteiger partial charge in [-0.25, -0.2) is 13.4 Å². The highest BCUT2D eigenvalue weighted by atomic mass is 32.2. The van der Waals surface area contributed by atoms with E-state index in [1.807, 2.05) is 37.4 Å². The molecule has 0 aliphatic carbocycles. The minimum absolute atomic E-state index is 0.0358. The standard InChI is InChI=1S/C19H18N2O3S2/c1-12-7-8-13(2)17(9-12)18-11-25-19(20-18)21-26(23,24)16-6-4-5-15(10-16)14(3)22/h4-11H,1-3H3,(H,20,21). The first-order chi connectivity index (χ1) is 12.3. The third kappa shape index (κ3) is 3.84. The fraction of sp³-hybridized carbons (Fsp3) is 0.158. The Hall–Kier alpha value is -2.51. The topological polar surface area (TPSA) is 76.1 Å². The SMILES string of the molecule is CC(=O)c1cccc(S(=O)(=O)Nc2nc(-c3cc(C)ccc3C)cs2)c1. The maximum absolute atomic E-state index is 12.6. The number of ketones is 1. The van der Waals surface area contributed by atoms with Gasteiger partial charge in [-0.3, -0.25) is 9.52 Å². The summed E-state index contributed by atoms with van der Waals surface area (Å²) in [5.41, 5.74) is 4.24. The number of aryl methyl sites for hydroxylation is 2. The van der Waals surface area contributed by atoms with E-state index in [1.165, 1.54) is 30.4 Å². The van der Waals surface area contributed by atoms with Crippen LogP contribution in [0.1, 0.15) is 28.4 Å². The number of benzene rings is 2. The van der Waals surface area contributed by atoms with Crippen LogP contribution in [-0.4, -0.2) is 19.2 Å². The van der Waals surface area contributed by atoms with E-state index in [0.29, 0.717) is 5.56 Å². The van der Waals surface area contributed by atoms with Crippen LogP contribution in [0.25, 0.3) is 11.3 Å². The van der Waals surface area contributed by atoms with Crippen LogP contribution >= 0.6 is 11.3 Å². The highest BCUT2D eigenvalue weighted by Crippen LogP contribution is 2.29. The minimum Gasteiger partial charge on any atom is -0.295 e. The molecule has 0 unspecified atom stereocenters. The molecule has 0 fully saturated rings. The van der Waals surface area contributed by atoms with Crippen molar-refractivity contribution in [3.8, 4) is 11.3 Å². The van der Waals surface area contributed by atoms with Crippen molar-refractivity contribution in [1.82, 2.24) is 4.98 Å². The largest absolute Gasteiger partial charge is 0.295 e. The Morgan fingerprint density at radius 2 is 1.88 bits per heavy atom. The maximum atomic E-state index is 12.6. The molecule has 26 heavy (non-hydrogen) atoms. The zero-order valence-electron chi connectivity index (χ0n) is 14.6. The van der Waals surface area contributed by atoms with E-state index in [0.717, 1.165) is 22.4 Å². The van der Waals surface area contributed by atoms with Gasteiger partial charge >= 0.3 is 0 Å². The number of hydrogen-bond donors (Lipinski definition) is 1. The van der Waals surface area contributed by atoms with E-state index in [4.69, 9.17) is 0 Å². The third-order valence-corrected chi connectivity index (χ3v) is 6.17. The van der Waals surface area contributed by atoms with Gasteiger partial charge < -0.3 is 0 Å². The van der Waals surface area contributed by atoms with E-state index >= 15 is 0 Å². The normalized spacial score (nSPS) is 11.3. The van der Waals surface area contributed by atoms with Crippen molar-refractivity contribution in [2.45, 2.75) is 25.7 Å².